The maximum atomic E-state index is 11.0. The number of nitrogens with two attached hydrogens (primary N) is 1. The standard InChI is InChI=1S/C11H13N3O3/c12-5-1-2-9-13-10(11(16)17)8-4-3-7(15)6-14(8)9/h3-4,6,15H,1-2,5,12H2,(H,16,17). The number of aromatic hydroxyl groups is 1. The van der Waals surface area contributed by atoms with Gasteiger partial charge in [0.2, 0.25) is 0 Å². The number of hydrogen-bond donors (Lipinski definition) is 3. The Morgan fingerprint density at radius 1 is 1.47 bits per heavy atom. The molecular weight excluding hydrogens is 222 g/mol. The lowest BCUT2D eigenvalue weighted by molar-refractivity contribution is 0.0693. The molecular formula is C11H13N3O3. The molecule has 6 nitrogen and oxygen atoms in total. The van der Waals surface area contributed by atoms with Crippen LogP contribution >= 0.6 is 0 Å². The monoisotopic (exact) mass is 235 g/mol. The number of nitrogens with zero attached hydrogens (tertiary/aromatic N) is 2. The fourth-order valence-corrected chi connectivity index (χ4v) is 1.73. The molecule has 0 atom stereocenters. The van der Waals surface area contributed by atoms with Crippen LogP contribution in [0, 0.1) is 0 Å². The van der Waals surface area contributed by atoms with Crippen LogP contribution in [-0.4, -0.2) is 32.1 Å². The number of fused-ring (bicyclic) bond motifs is 1. The van der Waals surface area contributed by atoms with Crippen molar-refractivity contribution in [2.45, 2.75) is 12.8 Å². The molecule has 0 bridgehead atoms. The van der Waals surface area contributed by atoms with Crippen LogP contribution in [0.25, 0.3) is 5.52 Å². The number of aromatic nitrogens is 2. The maximum absolute atomic E-state index is 11.0. The molecule has 0 saturated heterocycles. The average molecular weight is 235 g/mol. The summed E-state index contributed by atoms with van der Waals surface area (Å²) in [4.78, 5) is 15.1. The molecule has 0 aliphatic rings. The number of pyridine rings is 1. The van der Waals surface area contributed by atoms with E-state index in [-0.39, 0.29) is 11.4 Å². The van der Waals surface area contributed by atoms with E-state index in [1.807, 2.05) is 0 Å². The average Bonchev–Trinajstić information content (AvgIpc) is 2.64. The number of aromatic carboxylic acids is 1. The molecule has 0 saturated carbocycles. The largest absolute Gasteiger partial charge is 0.506 e. The van der Waals surface area contributed by atoms with Crippen LogP contribution in [0.15, 0.2) is 18.3 Å². The first-order valence-electron chi connectivity index (χ1n) is 5.27. The van der Waals surface area contributed by atoms with Crippen molar-refractivity contribution in [3.8, 4) is 5.75 Å². The normalized spacial score (nSPS) is 10.9. The van der Waals surface area contributed by atoms with Crippen molar-refractivity contribution in [2.75, 3.05) is 6.54 Å². The molecule has 90 valence electrons. The van der Waals surface area contributed by atoms with Gasteiger partial charge < -0.3 is 15.9 Å². The van der Waals surface area contributed by atoms with Crippen LogP contribution in [0.1, 0.15) is 22.7 Å². The first kappa shape index (κ1) is 11.4. The van der Waals surface area contributed by atoms with Gasteiger partial charge in [0.25, 0.3) is 0 Å². The first-order chi connectivity index (χ1) is 8.13. The van der Waals surface area contributed by atoms with E-state index in [0.717, 1.165) is 0 Å². The highest BCUT2D eigenvalue weighted by molar-refractivity contribution is 5.93. The molecule has 0 unspecified atom stereocenters. The number of carboxylic acid groups (broad SMARTS) is 1. The summed E-state index contributed by atoms with van der Waals surface area (Å²) < 4.78 is 1.59. The Morgan fingerprint density at radius 3 is 2.88 bits per heavy atom. The van der Waals surface area contributed by atoms with E-state index in [2.05, 4.69) is 4.98 Å². The molecule has 0 fully saturated rings. The van der Waals surface area contributed by atoms with Crippen molar-refractivity contribution in [3.05, 3.63) is 29.8 Å². The van der Waals surface area contributed by atoms with Gasteiger partial charge >= 0.3 is 5.97 Å². The summed E-state index contributed by atoms with van der Waals surface area (Å²) in [5.41, 5.74) is 5.89. The minimum Gasteiger partial charge on any atom is -0.506 e. The third kappa shape index (κ3) is 2.07. The highest BCUT2D eigenvalue weighted by Crippen LogP contribution is 2.18. The van der Waals surface area contributed by atoms with Gasteiger partial charge in [-0.1, -0.05) is 0 Å². The Bertz CT molecular complexity index is 562. The van der Waals surface area contributed by atoms with Crippen molar-refractivity contribution in [1.82, 2.24) is 9.38 Å². The van der Waals surface area contributed by atoms with E-state index in [1.54, 1.807) is 4.40 Å². The lowest BCUT2D eigenvalue weighted by Gasteiger charge is -2.00. The van der Waals surface area contributed by atoms with E-state index in [0.29, 0.717) is 30.7 Å². The molecule has 0 amide bonds. The number of carbonyl (C=O) groups is 1. The van der Waals surface area contributed by atoms with Crippen LogP contribution in [0.2, 0.25) is 0 Å². The second-order valence-electron chi connectivity index (χ2n) is 3.72. The zero-order chi connectivity index (χ0) is 12.4. The topological polar surface area (TPSA) is 101 Å². The van der Waals surface area contributed by atoms with Crippen molar-refractivity contribution in [2.24, 2.45) is 5.73 Å². The van der Waals surface area contributed by atoms with Crippen LogP contribution in [0.5, 0.6) is 5.75 Å². The highest BCUT2D eigenvalue weighted by atomic mass is 16.4. The van der Waals surface area contributed by atoms with Gasteiger partial charge in [-0.25, -0.2) is 9.78 Å². The molecule has 2 heterocycles. The minimum atomic E-state index is -1.08. The lowest BCUT2D eigenvalue weighted by atomic mass is 10.3. The Hall–Kier alpha value is -2.08. The van der Waals surface area contributed by atoms with Gasteiger partial charge in [0.15, 0.2) is 5.69 Å². The summed E-state index contributed by atoms with van der Waals surface area (Å²) in [6.45, 7) is 0.510. The summed E-state index contributed by atoms with van der Waals surface area (Å²) in [7, 11) is 0. The van der Waals surface area contributed by atoms with Crippen LogP contribution in [0.3, 0.4) is 0 Å². The number of imidazole rings is 1. The second kappa shape index (κ2) is 4.42. The third-order valence-corrected chi connectivity index (χ3v) is 2.50. The maximum Gasteiger partial charge on any atom is 0.356 e. The van der Waals surface area contributed by atoms with E-state index in [4.69, 9.17) is 10.8 Å². The molecule has 4 N–H and O–H groups in total. The smallest absolute Gasteiger partial charge is 0.356 e. The molecule has 17 heavy (non-hydrogen) atoms. The lowest BCUT2D eigenvalue weighted by Crippen LogP contribution is -2.03. The van der Waals surface area contributed by atoms with Crippen molar-refractivity contribution in [1.29, 1.82) is 0 Å². The quantitative estimate of drug-likeness (QED) is 0.721. The van der Waals surface area contributed by atoms with Gasteiger partial charge in [-0.05, 0) is 25.1 Å². The van der Waals surface area contributed by atoms with Gasteiger partial charge in [-0.3, -0.25) is 4.40 Å². The van der Waals surface area contributed by atoms with Gasteiger partial charge in [-0.15, -0.1) is 0 Å². The van der Waals surface area contributed by atoms with Crippen molar-refractivity contribution < 1.29 is 15.0 Å². The zero-order valence-corrected chi connectivity index (χ0v) is 9.13. The molecule has 0 aromatic carbocycles. The molecule has 2 rings (SSSR count). The van der Waals surface area contributed by atoms with Gasteiger partial charge in [-0.2, -0.15) is 0 Å². The van der Waals surface area contributed by atoms with Crippen molar-refractivity contribution in [3.63, 3.8) is 0 Å². The summed E-state index contributed by atoms with van der Waals surface area (Å²) >= 11 is 0. The van der Waals surface area contributed by atoms with Gasteiger partial charge in [0.1, 0.15) is 11.6 Å². The van der Waals surface area contributed by atoms with Gasteiger partial charge in [0.05, 0.1) is 11.7 Å². The minimum absolute atomic E-state index is 0.00276. The molecule has 0 aliphatic heterocycles. The molecule has 6 heteroatoms. The SMILES string of the molecule is NCCCc1nc(C(=O)O)c2ccc(O)cn12. The number of rotatable bonds is 4. The predicted octanol–water partition coefficient (Wildman–Crippen LogP) is 0.629. The zero-order valence-electron chi connectivity index (χ0n) is 9.13. The third-order valence-electron chi connectivity index (χ3n) is 2.50. The molecule has 2 aromatic rings. The van der Waals surface area contributed by atoms with E-state index < -0.39 is 5.97 Å². The summed E-state index contributed by atoms with van der Waals surface area (Å²) in [6.07, 6.45) is 2.75. The summed E-state index contributed by atoms with van der Waals surface area (Å²) in [5, 5.41) is 18.4. The molecule has 2 aromatic heterocycles. The number of aryl methyl sites for hydroxylation is 1. The van der Waals surface area contributed by atoms with Crippen LogP contribution < -0.4 is 5.73 Å². The summed E-state index contributed by atoms with van der Waals surface area (Å²) in [6, 6.07) is 2.98. The Morgan fingerprint density at radius 2 is 2.24 bits per heavy atom. The molecule has 0 aliphatic carbocycles. The number of hydrogen-bond acceptors (Lipinski definition) is 4. The fraction of sp³-hybridized carbons (Fsp3) is 0.273. The van der Waals surface area contributed by atoms with Gasteiger partial charge in [0, 0.05) is 6.42 Å². The predicted molar refractivity (Wildman–Crippen MR) is 61.2 cm³/mol. The van der Waals surface area contributed by atoms with Crippen molar-refractivity contribution >= 4 is 11.5 Å². The summed E-state index contributed by atoms with van der Waals surface area (Å²) in [5.74, 6) is -0.410. The second-order valence-corrected chi connectivity index (χ2v) is 3.72. The Kier molecular flexibility index (Phi) is 2.97. The Balaban J connectivity index is 2.58. The first-order valence-corrected chi connectivity index (χ1v) is 5.27. The van der Waals surface area contributed by atoms with E-state index in [9.17, 15) is 9.90 Å². The fourth-order valence-electron chi connectivity index (χ4n) is 1.73. The van der Waals surface area contributed by atoms with Crippen LogP contribution in [-0.2, 0) is 6.42 Å². The van der Waals surface area contributed by atoms with Crippen LogP contribution in [0.4, 0.5) is 0 Å². The highest BCUT2D eigenvalue weighted by Gasteiger charge is 2.16. The Labute approximate surface area is 97.3 Å². The molecule has 0 spiro atoms. The molecule has 0 radical (unpaired) electrons. The van der Waals surface area contributed by atoms with E-state index in [1.165, 1.54) is 18.3 Å². The van der Waals surface area contributed by atoms with E-state index >= 15 is 0 Å². The number of carboxylic acids is 1.